The summed E-state index contributed by atoms with van der Waals surface area (Å²) in [6.45, 7) is 0. The summed E-state index contributed by atoms with van der Waals surface area (Å²) in [6.07, 6.45) is 1.76. The molecule has 3 aromatic rings. The van der Waals surface area contributed by atoms with Crippen molar-refractivity contribution in [3.8, 4) is 5.75 Å². The highest BCUT2D eigenvalue weighted by atomic mass is 16.3. The smallest absolute Gasteiger partial charge is 0.158 e. The summed E-state index contributed by atoms with van der Waals surface area (Å²) < 4.78 is 0. The Morgan fingerprint density at radius 2 is 1.81 bits per heavy atom. The van der Waals surface area contributed by atoms with Gasteiger partial charge in [-0.3, -0.25) is 0 Å². The molecule has 0 saturated heterocycles. The first kappa shape index (κ1) is 15.9. The van der Waals surface area contributed by atoms with E-state index in [0.717, 1.165) is 11.0 Å². The Labute approximate surface area is 149 Å². The Morgan fingerprint density at radius 3 is 2.58 bits per heavy atom. The van der Waals surface area contributed by atoms with Crippen LogP contribution in [-0.4, -0.2) is 20.1 Å². The van der Waals surface area contributed by atoms with Gasteiger partial charge in [0.25, 0.3) is 0 Å². The molecule has 1 atom stereocenters. The number of phenolic OH excluding ortho intramolecular Hbond substituents is 1. The van der Waals surface area contributed by atoms with E-state index in [4.69, 9.17) is 17.2 Å². The zero-order valence-electron chi connectivity index (χ0n) is 13.8. The SMILES string of the molecule is NC1=CC(c2ccccc2O)NN1/C(N)=C(\N)c1nc2ccccc2[nH]1. The van der Waals surface area contributed by atoms with Crippen LogP contribution in [0.1, 0.15) is 17.4 Å². The number of hydrogen-bond donors (Lipinski definition) is 6. The number of nitrogens with one attached hydrogen (secondary N) is 2. The lowest BCUT2D eigenvalue weighted by molar-refractivity contribution is 0.311. The van der Waals surface area contributed by atoms with E-state index in [9.17, 15) is 5.11 Å². The number of rotatable bonds is 3. The van der Waals surface area contributed by atoms with Gasteiger partial charge in [0.05, 0.1) is 17.1 Å². The molecule has 0 fully saturated rings. The van der Waals surface area contributed by atoms with Gasteiger partial charge in [-0.2, -0.15) is 0 Å². The average molecular weight is 349 g/mol. The molecule has 8 nitrogen and oxygen atoms in total. The number of nitrogens with two attached hydrogens (primary N) is 3. The van der Waals surface area contributed by atoms with Crippen molar-refractivity contribution in [3.63, 3.8) is 0 Å². The van der Waals surface area contributed by atoms with Crippen molar-refractivity contribution < 1.29 is 5.11 Å². The number of hydrogen-bond acceptors (Lipinski definition) is 7. The van der Waals surface area contributed by atoms with Crippen molar-refractivity contribution in [3.05, 3.63) is 77.6 Å². The third-order valence-corrected chi connectivity index (χ3v) is 4.30. The maximum absolute atomic E-state index is 10.0. The van der Waals surface area contributed by atoms with Crippen LogP contribution < -0.4 is 22.6 Å². The molecule has 0 bridgehead atoms. The summed E-state index contributed by atoms with van der Waals surface area (Å²) >= 11 is 0. The molecule has 132 valence electrons. The standard InChI is InChI=1S/C18H19N7O/c19-15-9-13(10-5-1-4-8-14(10)26)24-25(15)17(21)16(20)18-22-11-6-2-3-7-12(11)23-18/h1-9,13,24,26H,19-21H2,(H,22,23)/b17-16-. The molecule has 26 heavy (non-hydrogen) atoms. The molecule has 0 radical (unpaired) electrons. The largest absolute Gasteiger partial charge is 0.508 e. The van der Waals surface area contributed by atoms with Crippen molar-refractivity contribution >= 4 is 16.7 Å². The first-order chi connectivity index (χ1) is 12.5. The number of aromatic amines is 1. The van der Waals surface area contributed by atoms with Crippen molar-refractivity contribution in [2.45, 2.75) is 6.04 Å². The second-order valence-corrected chi connectivity index (χ2v) is 5.99. The second kappa shape index (κ2) is 6.01. The summed E-state index contributed by atoms with van der Waals surface area (Å²) in [5.74, 6) is 1.23. The molecule has 8 heteroatoms. The minimum absolute atomic E-state index is 0.170. The van der Waals surface area contributed by atoms with Gasteiger partial charge < -0.3 is 27.3 Å². The predicted molar refractivity (Wildman–Crippen MR) is 99.5 cm³/mol. The molecule has 2 aromatic carbocycles. The molecule has 1 aliphatic rings. The summed E-state index contributed by atoms with van der Waals surface area (Å²) in [5, 5.41) is 11.5. The Bertz CT molecular complexity index is 1000. The van der Waals surface area contributed by atoms with Crippen molar-refractivity contribution in [1.82, 2.24) is 20.4 Å². The number of para-hydroxylation sites is 3. The van der Waals surface area contributed by atoms with Crippen molar-refractivity contribution in [2.24, 2.45) is 17.2 Å². The molecule has 1 aliphatic heterocycles. The first-order valence-electron chi connectivity index (χ1n) is 8.06. The summed E-state index contributed by atoms with van der Waals surface area (Å²) in [6, 6.07) is 14.3. The van der Waals surface area contributed by atoms with Crippen LogP contribution in [0.3, 0.4) is 0 Å². The monoisotopic (exact) mass is 349 g/mol. The number of phenols is 1. The number of nitrogens with zero attached hydrogens (tertiary/aromatic N) is 2. The first-order valence-corrected chi connectivity index (χ1v) is 8.06. The molecule has 2 heterocycles. The van der Waals surface area contributed by atoms with Crippen molar-refractivity contribution in [2.75, 3.05) is 0 Å². The van der Waals surface area contributed by atoms with Crippen LogP contribution >= 0.6 is 0 Å². The quantitative estimate of drug-likeness (QED) is 0.417. The van der Waals surface area contributed by atoms with Gasteiger partial charge in [0, 0.05) is 5.56 Å². The number of fused-ring (bicyclic) bond motifs is 1. The van der Waals surface area contributed by atoms with E-state index in [1.54, 1.807) is 18.2 Å². The number of H-pyrrole nitrogens is 1. The number of imidazole rings is 1. The molecule has 9 N–H and O–H groups in total. The third kappa shape index (κ3) is 2.58. The predicted octanol–water partition coefficient (Wildman–Crippen LogP) is 1.17. The maximum atomic E-state index is 10.0. The number of benzene rings is 2. The molecule has 0 saturated carbocycles. The van der Waals surface area contributed by atoms with E-state index in [2.05, 4.69) is 15.4 Å². The van der Waals surface area contributed by atoms with Gasteiger partial charge in [-0.15, -0.1) is 0 Å². The topological polar surface area (TPSA) is 142 Å². The van der Waals surface area contributed by atoms with Crippen LogP contribution in [0.5, 0.6) is 5.75 Å². The van der Waals surface area contributed by atoms with E-state index in [1.165, 1.54) is 5.01 Å². The van der Waals surface area contributed by atoms with Crippen LogP contribution in [0.25, 0.3) is 16.7 Å². The third-order valence-electron chi connectivity index (χ3n) is 4.30. The lowest BCUT2D eigenvalue weighted by Crippen LogP contribution is -2.39. The summed E-state index contributed by atoms with van der Waals surface area (Å²) in [7, 11) is 0. The minimum atomic E-state index is -0.321. The molecule has 0 amide bonds. The van der Waals surface area contributed by atoms with Gasteiger partial charge in [-0.1, -0.05) is 30.3 Å². The van der Waals surface area contributed by atoms with Gasteiger partial charge in [-0.05, 0) is 24.3 Å². The molecule has 4 rings (SSSR count). The maximum Gasteiger partial charge on any atom is 0.158 e. The number of aromatic hydroxyl groups is 1. The Hall–Kier alpha value is -3.65. The van der Waals surface area contributed by atoms with Gasteiger partial charge >= 0.3 is 0 Å². The molecular formula is C18H19N7O. The van der Waals surface area contributed by atoms with E-state index in [0.29, 0.717) is 17.2 Å². The molecule has 0 spiro atoms. The number of hydrazine groups is 1. The molecule has 1 unspecified atom stereocenters. The normalized spacial score (nSPS) is 18.1. The van der Waals surface area contributed by atoms with Gasteiger partial charge in [0.15, 0.2) is 5.82 Å². The van der Waals surface area contributed by atoms with Gasteiger partial charge in [0.1, 0.15) is 23.1 Å². The summed E-state index contributed by atoms with van der Waals surface area (Å²) in [4.78, 5) is 7.59. The van der Waals surface area contributed by atoms with E-state index < -0.39 is 0 Å². The lowest BCUT2D eigenvalue weighted by atomic mass is 10.1. The molecule has 1 aromatic heterocycles. The fourth-order valence-electron chi connectivity index (χ4n) is 2.94. The molecule has 0 aliphatic carbocycles. The van der Waals surface area contributed by atoms with Gasteiger partial charge in [0.2, 0.25) is 0 Å². The Kier molecular flexibility index (Phi) is 3.67. The van der Waals surface area contributed by atoms with Crippen molar-refractivity contribution in [1.29, 1.82) is 0 Å². The zero-order valence-corrected chi connectivity index (χ0v) is 13.8. The van der Waals surface area contributed by atoms with E-state index in [-0.39, 0.29) is 23.3 Å². The highest BCUT2D eigenvalue weighted by Crippen LogP contribution is 2.30. The fraction of sp³-hybridized carbons (Fsp3) is 0.0556. The summed E-state index contributed by atoms with van der Waals surface area (Å²) in [5.41, 5.74) is 24.3. The van der Waals surface area contributed by atoms with Crippen LogP contribution in [0.2, 0.25) is 0 Å². The van der Waals surface area contributed by atoms with Crippen LogP contribution in [-0.2, 0) is 0 Å². The lowest BCUT2D eigenvalue weighted by Gasteiger charge is -2.23. The molecular weight excluding hydrogens is 330 g/mol. The van der Waals surface area contributed by atoms with Crippen LogP contribution in [0, 0.1) is 0 Å². The Morgan fingerprint density at radius 1 is 1.08 bits per heavy atom. The minimum Gasteiger partial charge on any atom is -0.508 e. The van der Waals surface area contributed by atoms with Crippen LogP contribution in [0.15, 0.2) is 66.2 Å². The average Bonchev–Trinajstić information content (AvgIpc) is 3.24. The van der Waals surface area contributed by atoms with E-state index in [1.807, 2.05) is 36.4 Å². The highest BCUT2D eigenvalue weighted by molar-refractivity contribution is 5.78. The van der Waals surface area contributed by atoms with E-state index >= 15 is 0 Å². The second-order valence-electron chi connectivity index (χ2n) is 5.99. The van der Waals surface area contributed by atoms with Gasteiger partial charge in [-0.25, -0.2) is 15.4 Å². The number of aromatic nitrogens is 2. The Balaban J connectivity index is 1.65. The fourth-order valence-corrected chi connectivity index (χ4v) is 2.94. The van der Waals surface area contributed by atoms with Crippen LogP contribution in [0.4, 0.5) is 0 Å². The zero-order chi connectivity index (χ0) is 18.3. The highest BCUT2D eigenvalue weighted by Gasteiger charge is 2.27.